The van der Waals surface area contributed by atoms with Crippen LogP contribution in [0.3, 0.4) is 0 Å². The van der Waals surface area contributed by atoms with E-state index < -0.39 is 11.7 Å². The van der Waals surface area contributed by atoms with Crippen molar-refractivity contribution in [2.75, 3.05) is 11.9 Å². The molecule has 0 amide bonds. The summed E-state index contributed by atoms with van der Waals surface area (Å²) < 4.78 is 49.0. The zero-order valence-corrected chi connectivity index (χ0v) is 12.9. The molecule has 126 valence electrons. The van der Waals surface area contributed by atoms with E-state index >= 15 is 0 Å². The Morgan fingerprint density at radius 2 is 2.04 bits per heavy atom. The Labute approximate surface area is 131 Å². The molecule has 1 N–H and O–H groups in total. The molecule has 0 saturated heterocycles. The highest BCUT2D eigenvalue weighted by molar-refractivity contribution is 5.58. The van der Waals surface area contributed by atoms with Crippen LogP contribution >= 0.6 is 0 Å². The minimum atomic E-state index is -4.42. The molecule has 23 heavy (non-hydrogen) atoms. The molecule has 1 aromatic carbocycles. The lowest BCUT2D eigenvalue weighted by Gasteiger charge is -2.15. The molecular formula is C15H18F3N3O2. The van der Waals surface area contributed by atoms with Gasteiger partial charge >= 0.3 is 6.18 Å². The van der Waals surface area contributed by atoms with Crippen LogP contribution in [0.2, 0.25) is 0 Å². The Hall–Kier alpha value is -2.25. The lowest BCUT2D eigenvalue weighted by Crippen LogP contribution is -2.09. The lowest BCUT2D eigenvalue weighted by atomic mass is 10.1. The van der Waals surface area contributed by atoms with Crippen molar-refractivity contribution >= 4 is 5.69 Å². The molecule has 0 saturated carbocycles. The molecule has 0 radical (unpaired) electrons. The van der Waals surface area contributed by atoms with Gasteiger partial charge in [0.05, 0.1) is 24.4 Å². The number of nitrogens with one attached hydrogen (secondary N) is 1. The fourth-order valence-electron chi connectivity index (χ4n) is 1.86. The van der Waals surface area contributed by atoms with E-state index in [2.05, 4.69) is 15.5 Å². The first-order valence-corrected chi connectivity index (χ1v) is 7.33. The van der Waals surface area contributed by atoms with E-state index in [-0.39, 0.29) is 12.2 Å². The van der Waals surface area contributed by atoms with E-state index in [9.17, 15) is 13.2 Å². The average Bonchev–Trinajstić information content (AvgIpc) is 2.98. The van der Waals surface area contributed by atoms with E-state index in [1.54, 1.807) is 0 Å². The quantitative estimate of drug-likeness (QED) is 0.830. The summed E-state index contributed by atoms with van der Waals surface area (Å²) in [6.45, 7) is 4.34. The fourth-order valence-corrected chi connectivity index (χ4v) is 1.86. The van der Waals surface area contributed by atoms with E-state index in [1.165, 1.54) is 6.07 Å². The number of hydrogen-bond donors (Lipinski definition) is 1. The van der Waals surface area contributed by atoms with Crippen LogP contribution in [0.25, 0.3) is 0 Å². The van der Waals surface area contributed by atoms with Crippen LogP contribution in [0.5, 0.6) is 5.75 Å². The SMILES string of the molecule is CCCOc1ccc(C(F)(F)F)cc1NCc1nc(CC)no1. The number of nitrogens with zero attached hydrogens (tertiary/aromatic N) is 2. The van der Waals surface area contributed by atoms with Crippen molar-refractivity contribution in [3.63, 3.8) is 0 Å². The van der Waals surface area contributed by atoms with Crippen LogP contribution in [0, 0.1) is 0 Å². The van der Waals surface area contributed by atoms with Gasteiger partial charge in [-0.2, -0.15) is 18.2 Å². The molecule has 1 heterocycles. The predicted molar refractivity (Wildman–Crippen MR) is 78.2 cm³/mol. The smallest absolute Gasteiger partial charge is 0.416 e. The molecular weight excluding hydrogens is 311 g/mol. The molecule has 0 aliphatic rings. The van der Waals surface area contributed by atoms with Gasteiger partial charge in [-0.05, 0) is 24.6 Å². The molecule has 0 bridgehead atoms. The third kappa shape index (κ3) is 4.61. The van der Waals surface area contributed by atoms with Crippen LogP contribution in [0.15, 0.2) is 22.7 Å². The third-order valence-electron chi connectivity index (χ3n) is 3.03. The van der Waals surface area contributed by atoms with Crippen molar-refractivity contribution in [3.05, 3.63) is 35.5 Å². The first-order chi connectivity index (χ1) is 10.9. The molecule has 8 heteroatoms. The largest absolute Gasteiger partial charge is 0.491 e. The second kappa shape index (κ2) is 7.34. The minimum Gasteiger partial charge on any atom is -0.491 e. The van der Waals surface area contributed by atoms with Gasteiger partial charge in [-0.25, -0.2) is 0 Å². The van der Waals surface area contributed by atoms with Crippen LogP contribution < -0.4 is 10.1 Å². The highest BCUT2D eigenvalue weighted by Crippen LogP contribution is 2.35. The number of aromatic nitrogens is 2. The summed E-state index contributed by atoms with van der Waals surface area (Å²) >= 11 is 0. The Bertz CT molecular complexity index is 641. The number of ether oxygens (including phenoxy) is 1. The second-order valence-corrected chi connectivity index (χ2v) is 4.87. The monoisotopic (exact) mass is 329 g/mol. The van der Waals surface area contributed by atoms with Gasteiger partial charge in [0.1, 0.15) is 5.75 Å². The number of anilines is 1. The van der Waals surface area contributed by atoms with Gasteiger partial charge in [-0.15, -0.1) is 0 Å². The summed E-state index contributed by atoms with van der Waals surface area (Å²) in [7, 11) is 0. The van der Waals surface area contributed by atoms with Crippen LogP contribution in [-0.2, 0) is 19.1 Å². The summed E-state index contributed by atoms with van der Waals surface area (Å²) in [6, 6.07) is 3.33. The highest BCUT2D eigenvalue weighted by atomic mass is 19.4. The first kappa shape index (κ1) is 17.1. The number of rotatable bonds is 7. The molecule has 0 unspecified atom stereocenters. The molecule has 0 aliphatic carbocycles. The van der Waals surface area contributed by atoms with Gasteiger partial charge in [0.2, 0.25) is 5.89 Å². The van der Waals surface area contributed by atoms with Crippen molar-refractivity contribution in [1.29, 1.82) is 0 Å². The zero-order chi connectivity index (χ0) is 16.9. The molecule has 2 aromatic rings. The Kier molecular flexibility index (Phi) is 5.46. The fraction of sp³-hybridized carbons (Fsp3) is 0.467. The molecule has 5 nitrogen and oxygen atoms in total. The van der Waals surface area contributed by atoms with E-state index in [1.807, 2.05) is 13.8 Å². The average molecular weight is 329 g/mol. The standard InChI is InChI=1S/C15H18F3N3O2/c1-3-7-22-12-6-5-10(15(16,17)18)8-11(12)19-9-14-20-13(4-2)21-23-14/h5-6,8,19H,3-4,7,9H2,1-2H3. The van der Waals surface area contributed by atoms with Gasteiger partial charge in [0.25, 0.3) is 0 Å². The van der Waals surface area contributed by atoms with E-state index in [0.717, 1.165) is 18.6 Å². The van der Waals surface area contributed by atoms with E-state index in [0.29, 0.717) is 30.5 Å². The summed E-state index contributed by atoms with van der Waals surface area (Å²) in [5.41, 5.74) is -0.506. The van der Waals surface area contributed by atoms with Crippen LogP contribution in [-0.4, -0.2) is 16.7 Å². The van der Waals surface area contributed by atoms with Gasteiger partial charge in [-0.3, -0.25) is 0 Å². The number of benzene rings is 1. The maximum Gasteiger partial charge on any atom is 0.416 e. The van der Waals surface area contributed by atoms with Crippen molar-refractivity contribution in [2.45, 2.75) is 39.4 Å². The van der Waals surface area contributed by atoms with Gasteiger partial charge in [-0.1, -0.05) is 19.0 Å². The van der Waals surface area contributed by atoms with E-state index in [4.69, 9.17) is 9.26 Å². The van der Waals surface area contributed by atoms with Crippen molar-refractivity contribution < 1.29 is 22.4 Å². The second-order valence-electron chi connectivity index (χ2n) is 4.87. The lowest BCUT2D eigenvalue weighted by molar-refractivity contribution is -0.137. The normalized spacial score (nSPS) is 11.5. The first-order valence-electron chi connectivity index (χ1n) is 7.33. The van der Waals surface area contributed by atoms with Crippen molar-refractivity contribution in [2.24, 2.45) is 0 Å². The van der Waals surface area contributed by atoms with Gasteiger partial charge < -0.3 is 14.6 Å². The number of halogens is 3. The van der Waals surface area contributed by atoms with Crippen molar-refractivity contribution in [3.8, 4) is 5.75 Å². The van der Waals surface area contributed by atoms with Gasteiger partial charge in [0.15, 0.2) is 5.82 Å². The highest BCUT2D eigenvalue weighted by Gasteiger charge is 2.31. The molecule has 1 aromatic heterocycles. The molecule has 0 spiro atoms. The van der Waals surface area contributed by atoms with Gasteiger partial charge in [0, 0.05) is 6.42 Å². The number of aryl methyl sites for hydroxylation is 1. The summed E-state index contributed by atoms with van der Waals surface area (Å²) in [5.74, 6) is 1.21. The Balaban J connectivity index is 2.18. The molecule has 0 fully saturated rings. The summed E-state index contributed by atoms with van der Waals surface area (Å²) in [5, 5.41) is 6.61. The minimum absolute atomic E-state index is 0.122. The zero-order valence-electron chi connectivity index (χ0n) is 12.9. The predicted octanol–water partition coefficient (Wildman–Crippen LogP) is 4.05. The Morgan fingerprint density at radius 1 is 1.26 bits per heavy atom. The number of hydrogen-bond acceptors (Lipinski definition) is 5. The number of alkyl halides is 3. The topological polar surface area (TPSA) is 60.2 Å². The van der Waals surface area contributed by atoms with Crippen molar-refractivity contribution in [1.82, 2.24) is 10.1 Å². The molecule has 0 aliphatic heterocycles. The summed E-state index contributed by atoms with van der Waals surface area (Å²) in [6.07, 6.45) is -3.04. The Morgan fingerprint density at radius 3 is 2.65 bits per heavy atom. The maximum absolute atomic E-state index is 12.9. The third-order valence-corrected chi connectivity index (χ3v) is 3.03. The molecule has 0 atom stereocenters. The molecule has 2 rings (SSSR count). The maximum atomic E-state index is 12.9. The van der Waals surface area contributed by atoms with Crippen LogP contribution in [0.1, 0.15) is 37.5 Å². The summed E-state index contributed by atoms with van der Waals surface area (Å²) in [4.78, 5) is 4.10. The van der Waals surface area contributed by atoms with Crippen LogP contribution in [0.4, 0.5) is 18.9 Å².